The minimum absolute atomic E-state index is 0.0940. The van der Waals surface area contributed by atoms with Gasteiger partial charge in [-0.2, -0.15) is 10.2 Å². The summed E-state index contributed by atoms with van der Waals surface area (Å²) < 4.78 is 4.94. The highest BCUT2D eigenvalue weighted by atomic mass is 16.5. The normalized spacial score (nSPS) is 9.79. The third-order valence-electron chi connectivity index (χ3n) is 1.53. The molecule has 0 spiro atoms. The fourth-order valence-electron chi connectivity index (χ4n) is 0.863. The van der Waals surface area contributed by atoms with Gasteiger partial charge in [-0.1, -0.05) is 0 Å². The summed E-state index contributed by atoms with van der Waals surface area (Å²) in [5.41, 5.74) is 0.734. The summed E-state index contributed by atoms with van der Waals surface area (Å²) in [7, 11) is 0. The van der Waals surface area contributed by atoms with Gasteiger partial charge in [0.1, 0.15) is 6.61 Å². The number of hydrogen-bond acceptors (Lipinski definition) is 4. The number of amides is 1. The van der Waals surface area contributed by atoms with Crippen molar-refractivity contribution in [2.45, 2.75) is 13.5 Å². The molecule has 1 N–H and O–H groups in total. The van der Waals surface area contributed by atoms with Crippen LogP contribution in [0.15, 0.2) is 18.3 Å². The summed E-state index contributed by atoms with van der Waals surface area (Å²) >= 11 is 0. The molecule has 76 valence electrons. The topological polar surface area (TPSA) is 64.1 Å². The number of aromatic nitrogens is 2. The molecule has 1 heterocycles. The largest absolute Gasteiger partial charge is 0.372 e. The number of carbonyl (C=O) groups excluding carboxylic acids is 1. The standard InChI is InChI=1S/C9H13N3O2/c1-2-14-7-9(13)10-6-8-4-3-5-11-12-8/h3-5H,2,6-7H2,1H3,(H,10,13). The summed E-state index contributed by atoms with van der Waals surface area (Å²) in [4.78, 5) is 11.1. The number of carbonyl (C=O) groups is 1. The molecule has 0 aromatic carbocycles. The molecule has 0 atom stereocenters. The number of hydrogen-bond donors (Lipinski definition) is 1. The van der Waals surface area contributed by atoms with Gasteiger partial charge < -0.3 is 10.1 Å². The Kier molecular flexibility index (Phi) is 4.57. The molecule has 0 aliphatic heterocycles. The zero-order valence-corrected chi connectivity index (χ0v) is 8.06. The zero-order valence-electron chi connectivity index (χ0n) is 8.06. The van der Waals surface area contributed by atoms with Crippen LogP contribution >= 0.6 is 0 Å². The molecule has 0 radical (unpaired) electrons. The van der Waals surface area contributed by atoms with Crippen molar-refractivity contribution in [3.05, 3.63) is 24.0 Å². The van der Waals surface area contributed by atoms with Crippen molar-refractivity contribution in [3.8, 4) is 0 Å². The Morgan fingerprint density at radius 2 is 2.50 bits per heavy atom. The average Bonchev–Trinajstić information content (AvgIpc) is 2.25. The Bertz CT molecular complexity index is 277. The molecule has 1 rings (SSSR count). The first-order chi connectivity index (χ1) is 6.83. The molecule has 5 heteroatoms. The molecule has 0 saturated carbocycles. The van der Waals surface area contributed by atoms with Crippen molar-refractivity contribution in [2.75, 3.05) is 13.2 Å². The van der Waals surface area contributed by atoms with Crippen molar-refractivity contribution in [1.29, 1.82) is 0 Å². The first-order valence-corrected chi connectivity index (χ1v) is 4.44. The summed E-state index contributed by atoms with van der Waals surface area (Å²) in [6, 6.07) is 3.57. The Balaban J connectivity index is 2.24. The van der Waals surface area contributed by atoms with Crippen LogP contribution < -0.4 is 5.32 Å². The molecule has 1 aromatic rings. The second kappa shape index (κ2) is 6.04. The first kappa shape index (κ1) is 10.6. The maximum absolute atomic E-state index is 11.1. The molecule has 1 aromatic heterocycles. The van der Waals surface area contributed by atoms with Crippen LogP contribution in [0.4, 0.5) is 0 Å². The van der Waals surface area contributed by atoms with E-state index in [1.54, 1.807) is 18.3 Å². The lowest BCUT2D eigenvalue weighted by Crippen LogP contribution is -2.27. The molecular formula is C9H13N3O2. The number of nitrogens with zero attached hydrogens (tertiary/aromatic N) is 2. The van der Waals surface area contributed by atoms with Gasteiger partial charge in [0.25, 0.3) is 0 Å². The van der Waals surface area contributed by atoms with E-state index in [-0.39, 0.29) is 12.5 Å². The van der Waals surface area contributed by atoms with Crippen molar-refractivity contribution in [1.82, 2.24) is 15.5 Å². The highest BCUT2D eigenvalue weighted by molar-refractivity contribution is 5.77. The van der Waals surface area contributed by atoms with E-state index in [1.807, 2.05) is 6.92 Å². The lowest BCUT2D eigenvalue weighted by molar-refractivity contribution is -0.125. The molecule has 0 aliphatic rings. The smallest absolute Gasteiger partial charge is 0.246 e. The molecule has 0 aliphatic carbocycles. The van der Waals surface area contributed by atoms with Gasteiger partial charge in [0.05, 0.1) is 12.2 Å². The lowest BCUT2D eigenvalue weighted by Gasteiger charge is -2.03. The van der Waals surface area contributed by atoms with Crippen molar-refractivity contribution < 1.29 is 9.53 Å². The molecule has 1 amide bonds. The molecule has 14 heavy (non-hydrogen) atoms. The molecule has 0 fully saturated rings. The van der Waals surface area contributed by atoms with E-state index in [1.165, 1.54) is 0 Å². The summed E-state index contributed by atoms with van der Waals surface area (Å²) in [5, 5.41) is 10.2. The Morgan fingerprint density at radius 3 is 3.14 bits per heavy atom. The molecule has 0 saturated heterocycles. The minimum atomic E-state index is -0.141. The van der Waals surface area contributed by atoms with Crippen LogP contribution in [0.3, 0.4) is 0 Å². The fourth-order valence-corrected chi connectivity index (χ4v) is 0.863. The first-order valence-electron chi connectivity index (χ1n) is 4.44. The fraction of sp³-hybridized carbons (Fsp3) is 0.444. The number of ether oxygens (including phenoxy) is 1. The zero-order chi connectivity index (χ0) is 10.2. The van der Waals surface area contributed by atoms with Crippen molar-refractivity contribution in [2.24, 2.45) is 0 Å². The van der Waals surface area contributed by atoms with Crippen molar-refractivity contribution >= 4 is 5.91 Å². The highest BCUT2D eigenvalue weighted by Crippen LogP contribution is 1.89. The number of nitrogens with one attached hydrogen (secondary N) is 1. The maximum atomic E-state index is 11.1. The van der Waals surface area contributed by atoms with Gasteiger partial charge in [-0.25, -0.2) is 0 Å². The van der Waals surface area contributed by atoms with Gasteiger partial charge in [0, 0.05) is 12.8 Å². The quantitative estimate of drug-likeness (QED) is 0.725. The molecule has 5 nitrogen and oxygen atoms in total. The molecule has 0 unspecified atom stereocenters. The van der Waals surface area contributed by atoms with Gasteiger partial charge in [0.15, 0.2) is 0 Å². The Labute approximate surface area is 82.5 Å². The van der Waals surface area contributed by atoms with E-state index in [4.69, 9.17) is 4.74 Å². The highest BCUT2D eigenvalue weighted by Gasteiger charge is 2.00. The van der Waals surface area contributed by atoms with Crippen LogP contribution in [0.25, 0.3) is 0 Å². The van der Waals surface area contributed by atoms with E-state index < -0.39 is 0 Å². The van der Waals surface area contributed by atoms with Crippen LogP contribution in [0, 0.1) is 0 Å². The van der Waals surface area contributed by atoms with Gasteiger partial charge >= 0.3 is 0 Å². The van der Waals surface area contributed by atoms with Crippen LogP contribution in [-0.2, 0) is 16.1 Å². The van der Waals surface area contributed by atoms with E-state index in [2.05, 4.69) is 15.5 Å². The van der Waals surface area contributed by atoms with Crippen LogP contribution in [0.5, 0.6) is 0 Å². The third-order valence-corrected chi connectivity index (χ3v) is 1.53. The second-order valence-corrected chi connectivity index (χ2v) is 2.63. The van der Waals surface area contributed by atoms with Gasteiger partial charge in [-0.15, -0.1) is 0 Å². The van der Waals surface area contributed by atoms with Gasteiger partial charge in [-0.05, 0) is 19.1 Å². The van der Waals surface area contributed by atoms with Crippen LogP contribution in [-0.4, -0.2) is 29.3 Å². The van der Waals surface area contributed by atoms with Crippen LogP contribution in [0.1, 0.15) is 12.6 Å². The molecular weight excluding hydrogens is 182 g/mol. The predicted molar refractivity (Wildman–Crippen MR) is 50.4 cm³/mol. The monoisotopic (exact) mass is 195 g/mol. The van der Waals surface area contributed by atoms with E-state index in [0.29, 0.717) is 13.2 Å². The Morgan fingerprint density at radius 1 is 1.64 bits per heavy atom. The summed E-state index contributed by atoms with van der Waals surface area (Å²) in [6.45, 7) is 2.87. The SMILES string of the molecule is CCOCC(=O)NCc1cccnn1. The molecule has 0 bridgehead atoms. The third kappa shape index (κ3) is 3.95. The van der Waals surface area contributed by atoms with Crippen molar-refractivity contribution in [3.63, 3.8) is 0 Å². The minimum Gasteiger partial charge on any atom is -0.372 e. The summed E-state index contributed by atoms with van der Waals surface area (Å²) in [6.07, 6.45) is 1.59. The Hall–Kier alpha value is -1.49. The van der Waals surface area contributed by atoms with E-state index >= 15 is 0 Å². The van der Waals surface area contributed by atoms with E-state index in [9.17, 15) is 4.79 Å². The maximum Gasteiger partial charge on any atom is 0.246 e. The lowest BCUT2D eigenvalue weighted by atomic mass is 10.4. The van der Waals surface area contributed by atoms with Gasteiger partial charge in [0.2, 0.25) is 5.91 Å². The van der Waals surface area contributed by atoms with Gasteiger partial charge in [-0.3, -0.25) is 4.79 Å². The van der Waals surface area contributed by atoms with E-state index in [0.717, 1.165) is 5.69 Å². The predicted octanol–water partition coefficient (Wildman–Crippen LogP) is 0.129. The van der Waals surface area contributed by atoms with Crippen LogP contribution in [0.2, 0.25) is 0 Å². The summed E-state index contributed by atoms with van der Waals surface area (Å²) in [5.74, 6) is -0.141. The number of rotatable bonds is 5. The second-order valence-electron chi connectivity index (χ2n) is 2.63. The average molecular weight is 195 g/mol.